The van der Waals surface area contributed by atoms with Crippen LogP contribution >= 0.6 is 24.0 Å². The van der Waals surface area contributed by atoms with Crippen molar-refractivity contribution in [2.24, 2.45) is 0 Å². The average molecular weight is 322 g/mol. The summed E-state index contributed by atoms with van der Waals surface area (Å²) in [7, 11) is 3.90. The molecule has 1 amide bonds. The van der Waals surface area contributed by atoms with E-state index in [0.29, 0.717) is 4.91 Å². The van der Waals surface area contributed by atoms with Crippen LogP contribution in [0.5, 0.6) is 0 Å². The highest BCUT2D eigenvalue weighted by atomic mass is 32.2. The van der Waals surface area contributed by atoms with E-state index in [1.165, 1.54) is 0 Å². The van der Waals surface area contributed by atoms with Crippen LogP contribution in [0.4, 0.5) is 5.69 Å². The number of carboxylic acids is 1. The standard InChI is InChI=1S/C14H14N2O3S2/c1-15(2)10-5-3-9(4-6-10)7-11-13(19)16(8-12(17)18)14(20)21-11/h3-7H,8H2,1-2H3,(H,17,18). The Balaban J connectivity index is 2.20. The molecule has 0 atom stereocenters. The lowest BCUT2D eigenvalue weighted by molar-refractivity contribution is -0.140. The first-order chi connectivity index (χ1) is 9.88. The van der Waals surface area contributed by atoms with Crippen LogP contribution in [0.1, 0.15) is 5.56 Å². The molecule has 1 fully saturated rings. The van der Waals surface area contributed by atoms with Gasteiger partial charge in [0.25, 0.3) is 5.91 Å². The highest BCUT2D eigenvalue weighted by Crippen LogP contribution is 2.32. The van der Waals surface area contributed by atoms with Gasteiger partial charge in [-0.2, -0.15) is 0 Å². The van der Waals surface area contributed by atoms with E-state index in [4.69, 9.17) is 17.3 Å². The van der Waals surface area contributed by atoms with E-state index in [1.807, 2.05) is 43.3 Å². The van der Waals surface area contributed by atoms with Gasteiger partial charge in [-0.15, -0.1) is 0 Å². The molecule has 21 heavy (non-hydrogen) atoms. The van der Waals surface area contributed by atoms with E-state index >= 15 is 0 Å². The molecule has 0 radical (unpaired) electrons. The van der Waals surface area contributed by atoms with Crippen LogP contribution in [0.25, 0.3) is 6.08 Å². The minimum absolute atomic E-state index is 0.276. The monoisotopic (exact) mass is 322 g/mol. The molecule has 0 aromatic heterocycles. The molecule has 1 saturated heterocycles. The first-order valence-corrected chi connectivity index (χ1v) is 7.35. The van der Waals surface area contributed by atoms with Crippen molar-refractivity contribution in [2.45, 2.75) is 0 Å². The van der Waals surface area contributed by atoms with Gasteiger partial charge in [0.2, 0.25) is 0 Å². The zero-order valence-electron chi connectivity index (χ0n) is 11.6. The van der Waals surface area contributed by atoms with Gasteiger partial charge in [0.05, 0.1) is 4.91 Å². The molecule has 1 N–H and O–H groups in total. The van der Waals surface area contributed by atoms with Gasteiger partial charge in [-0.05, 0) is 23.8 Å². The largest absolute Gasteiger partial charge is 0.480 e. The Morgan fingerprint density at radius 3 is 2.52 bits per heavy atom. The zero-order chi connectivity index (χ0) is 15.6. The van der Waals surface area contributed by atoms with Gasteiger partial charge in [0.15, 0.2) is 0 Å². The van der Waals surface area contributed by atoms with E-state index in [9.17, 15) is 9.59 Å². The van der Waals surface area contributed by atoms with Crippen LogP contribution in [0.15, 0.2) is 29.2 Å². The van der Waals surface area contributed by atoms with Gasteiger partial charge in [-0.1, -0.05) is 36.1 Å². The molecular weight excluding hydrogens is 308 g/mol. The lowest BCUT2D eigenvalue weighted by Gasteiger charge is -2.12. The number of hydrogen-bond acceptors (Lipinski definition) is 5. The number of carboxylic acid groups (broad SMARTS) is 1. The van der Waals surface area contributed by atoms with E-state index in [0.717, 1.165) is 27.9 Å². The molecule has 1 aliphatic heterocycles. The summed E-state index contributed by atoms with van der Waals surface area (Å²) in [4.78, 5) is 26.4. The zero-order valence-corrected chi connectivity index (χ0v) is 13.2. The Morgan fingerprint density at radius 2 is 2.00 bits per heavy atom. The number of aliphatic carboxylic acids is 1. The predicted molar refractivity (Wildman–Crippen MR) is 88.3 cm³/mol. The minimum atomic E-state index is -1.08. The second-order valence-electron chi connectivity index (χ2n) is 4.65. The van der Waals surface area contributed by atoms with Crippen molar-refractivity contribution < 1.29 is 14.7 Å². The molecule has 7 heteroatoms. The molecule has 0 aliphatic carbocycles. The molecule has 1 heterocycles. The van der Waals surface area contributed by atoms with Crippen molar-refractivity contribution in [3.63, 3.8) is 0 Å². The van der Waals surface area contributed by atoms with Crippen LogP contribution in [-0.4, -0.2) is 46.8 Å². The fourth-order valence-corrected chi connectivity index (χ4v) is 3.05. The maximum Gasteiger partial charge on any atom is 0.323 e. The number of hydrogen-bond donors (Lipinski definition) is 1. The summed E-state index contributed by atoms with van der Waals surface area (Å²) in [5.41, 5.74) is 1.93. The maximum atomic E-state index is 12.1. The number of carbonyl (C=O) groups is 2. The Hall–Kier alpha value is -1.86. The van der Waals surface area contributed by atoms with Crippen molar-refractivity contribution in [1.29, 1.82) is 0 Å². The predicted octanol–water partition coefficient (Wildman–Crippen LogP) is 2.04. The molecule has 1 aliphatic rings. The molecule has 0 bridgehead atoms. The number of rotatable bonds is 4. The summed E-state index contributed by atoms with van der Waals surface area (Å²) in [6.07, 6.45) is 1.72. The molecular formula is C14H14N2O3S2. The summed E-state index contributed by atoms with van der Waals surface area (Å²) in [6.45, 7) is -0.401. The molecule has 2 rings (SSSR count). The van der Waals surface area contributed by atoms with Crippen molar-refractivity contribution in [1.82, 2.24) is 4.90 Å². The molecule has 0 saturated carbocycles. The Bertz CT molecular complexity index is 624. The summed E-state index contributed by atoms with van der Waals surface area (Å²) < 4.78 is 0.276. The van der Waals surface area contributed by atoms with Crippen LogP contribution in [-0.2, 0) is 9.59 Å². The minimum Gasteiger partial charge on any atom is -0.480 e. The average Bonchev–Trinajstić information content (AvgIpc) is 2.67. The number of thiocarbonyl (C=S) groups is 1. The fourth-order valence-electron chi connectivity index (χ4n) is 1.79. The van der Waals surface area contributed by atoms with Crippen LogP contribution < -0.4 is 4.90 Å². The summed E-state index contributed by atoms with van der Waals surface area (Å²) in [6, 6.07) is 7.70. The third-order valence-corrected chi connectivity index (χ3v) is 4.25. The van der Waals surface area contributed by atoms with Crippen molar-refractivity contribution >= 4 is 51.9 Å². The second-order valence-corrected chi connectivity index (χ2v) is 6.32. The Kier molecular flexibility index (Phi) is 4.64. The fraction of sp³-hybridized carbons (Fsp3) is 0.214. The lowest BCUT2D eigenvalue weighted by Crippen LogP contribution is -2.33. The molecule has 5 nitrogen and oxygen atoms in total. The third kappa shape index (κ3) is 3.62. The van der Waals surface area contributed by atoms with Gasteiger partial charge < -0.3 is 10.0 Å². The van der Waals surface area contributed by atoms with E-state index in [-0.39, 0.29) is 10.2 Å². The van der Waals surface area contributed by atoms with E-state index in [1.54, 1.807) is 6.08 Å². The van der Waals surface area contributed by atoms with Crippen LogP contribution in [0, 0.1) is 0 Å². The first-order valence-electron chi connectivity index (χ1n) is 6.13. The highest BCUT2D eigenvalue weighted by molar-refractivity contribution is 8.26. The van der Waals surface area contributed by atoms with Crippen LogP contribution in [0.3, 0.4) is 0 Å². The summed E-state index contributed by atoms with van der Waals surface area (Å²) in [5, 5.41) is 8.78. The number of thioether (sulfide) groups is 1. The van der Waals surface area contributed by atoms with Crippen LogP contribution in [0.2, 0.25) is 0 Å². The summed E-state index contributed by atoms with van der Waals surface area (Å²) in [5.74, 6) is -1.44. The Morgan fingerprint density at radius 1 is 1.38 bits per heavy atom. The molecule has 110 valence electrons. The maximum absolute atomic E-state index is 12.1. The van der Waals surface area contributed by atoms with Gasteiger partial charge in [0, 0.05) is 19.8 Å². The number of nitrogens with zero attached hydrogens (tertiary/aromatic N) is 2. The first kappa shape index (κ1) is 15.5. The lowest BCUT2D eigenvalue weighted by atomic mass is 10.2. The number of anilines is 1. The van der Waals surface area contributed by atoms with Gasteiger partial charge in [-0.3, -0.25) is 14.5 Å². The van der Waals surface area contributed by atoms with E-state index in [2.05, 4.69) is 0 Å². The smallest absolute Gasteiger partial charge is 0.323 e. The Labute approximate surface area is 132 Å². The number of benzene rings is 1. The molecule has 1 aromatic rings. The quantitative estimate of drug-likeness (QED) is 0.676. The van der Waals surface area contributed by atoms with Crippen molar-refractivity contribution in [2.75, 3.05) is 25.5 Å². The van der Waals surface area contributed by atoms with Gasteiger partial charge >= 0.3 is 5.97 Å². The van der Waals surface area contributed by atoms with Crippen molar-refractivity contribution in [3.05, 3.63) is 34.7 Å². The van der Waals surface area contributed by atoms with Gasteiger partial charge in [0.1, 0.15) is 10.9 Å². The number of amides is 1. The van der Waals surface area contributed by atoms with Crippen molar-refractivity contribution in [3.8, 4) is 0 Å². The van der Waals surface area contributed by atoms with E-state index < -0.39 is 12.5 Å². The normalized spacial score (nSPS) is 16.7. The summed E-state index contributed by atoms with van der Waals surface area (Å²) >= 11 is 6.17. The molecule has 1 aromatic carbocycles. The second kappa shape index (κ2) is 6.28. The SMILES string of the molecule is CN(C)c1ccc(C=C2SC(=S)N(CC(=O)O)C2=O)cc1. The van der Waals surface area contributed by atoms with Gasteiger partial charge in [-0.25, -0.2) is 0 Å². The molecule has 0 unspecified atom stereocenters. The third-order valence-electron chi connectivity index (χ3n) is 2.87. The number of carbonyl (C=O) groups excluding carboxylic acids is 1. The highest BCUT2D eigenvalue weighted by Gasteiger charge is 2.33. The topological polar surface area (TPSA) is 60.9 Å². The molecule has 0 spiro atoms.